The Kier molecular flexibility index (Phi) is 7.52. The second-order valence-electron chi connectivity index (χ2n) is 11.0. The van der Waals surface area contributed by atoms with Crippen LogP contribution in [0.4, 0.5) is 16.3 Å². The third kappa shape index (κ3) is 6.20. The lowest BCUT2D eigenvalue weighted by atomic mass is 10.0. The molecular formula is C30H35N5O4. The van der Waals surface area contributed by atoms with Gasteiger partial charge in [-0.25, -0.2) is 14.8 Å². The van der Waals surface area contributed by atoms with Crippen LogP contribution in [0.1, 0.15) is 60.4 Å². The molecule has 2 aliphatic rings. The number of carbonyl (C=O) groups excluding carboxylic acids is 2. The minimum Gasteiger partial charge on any atom is -0.444 e. The SMILES string of the molecule is CC(C)(C)OC(=O)NC1CCc2cc(-c3cnc(N)c(C(=O)Cc4ccccc4N4CCOCC4)n3)ccc21. The number of ether oxygens (including phenoxy) is 2. The van der Waals surface area contributed by atoms with Crippen molar-refractivity contribution in [3.63, 3.8) is 0 Å². The number of rotatable bonds is 6. The summed E-state index contributed by atoms with van der Waals surface area (Å²) in [5.74, 6) is -0.0549. The Morgan fingerprint density at radius 3 is 2.69 bits per heavy atom. The summed E-state index contributed by atoms with van der Waals surface area (Å²) in [4.78, 5) is 36.9. The number of amides is 1. The third-order valence-electron chi connectivity index (χ3n) is 6.97. The molecule has 0 radical (unpaired) electrons. The largest absolute Gasteiger partial charge is 0.444 e. The van der Waals surface area contributed by atoms with E-state index in [1.165, 1.54) is 0 Å². The number of nitrogen functional groups attached to an aromatic ring is 1. The first-order chi connectivity index (χ1) is 18.7. The highest BCUT2D eigenvalue weighted by molar-refractivity contribution is 6.00. The minimum absolute atomic E-state index is 0.106. The van der Waals surface area contributed by atoms with Crippen molar-refractivity contribution in [3.8, 4) is 11.3 Å². The van der Waals surface area contributed by atoms with Gasteiger partial charge in [0.05, 0.1) is 31.1 Å². The molecule has 3 aromatic rings. The van der Waals surface area contributed by atoms with E-state index < -0.39 is 11.7 Å². The van der Waals surface area contributed by atoms with Crippen LogP contribution in [0.25, 0.3) is 11.3 Å². The van der Waals surface area contributed by atoms with E-state index >= 15 is 0 Å². The number of hydrogen-bond acceptors (Lipinski definition) is 8. The number of Topliss-reactive ketones (excluding diaryl/α,β-unsaturated/α-hetero) is 1. The molecule has 1 aliphatic carbocycles. The fraction of sp³-hybridized carbons (Fsp3) is 0.400. The van der Waals surface area contributed by atoms with E-state index in [-0.39, 0.29) is 29.8 Å². The second-order valence-corrected chi connectivity index (χ2v) is 11.0. The first kappa shape index (κ1) is 26.6. The van der Waals surface area contributed by atoms with Crippen molar-refractivity contribution < 1.29 is 19.1 Å². The second kappa shape index (κ2) is 11.0. The van der Waals surface area contributed by atoms with Crippen LogP contribution in [0.5, 0.6) is 0 Å². The van der Waals surface area contributed by atoms with Crippen LogP contribution in [-0.2, 0) is 22.3 Å². The van der Waals surface area contributed by atoms with Crippen molar-refractivity contribution in [3.05, 3.63) is 71.0 Å². The fourth-order valence-corrected chi connectivity index (χ4v) is 5.15. The Labute approximate surface area is 228 Å². The fourth-order valence-electron chi connectivity index (χ4n) is 5.15. The van der Waals surface area contributed by atoms with Crippen molar-refractivity contribution in [1.29, 1.82) is 0 Å². The van der Waals surface area contributed by atoms with E-state index in [0.717, 1.165) is 53.9 Å². The number of nitrogens with zero attached hydrogens (tertiary/aromatic N) is 3. The molecule has 0 spiro atoms. The van der Waals surface area contributed by atoms with Crippen LogP contribution in [0, 0.1) is 0 Å². The Morgan fingerprint density at radius 2 is 1.92 bits per heavy atom. The van der Waals surface area contributed by atoms with Gasteiger partial charge in [0, 0.05) is 30.8 Å². The van der Waals surface area contributed by atoms with Gasteiger partial charge in [-0.05, 0) is 62.4 Å². The minimum atomic E-state index is -0.553. The van der Waals surface area contributed by atoms with Crippen molar-refractivity contribution >= 4 is 23.4 Å². The number of ketones is 1. The lowest BCUT2D eigenvalue weighted by molar-refractivity contribution is 0.0503. The third-order valence-corrected chi connectivity index (χ3v) is 6.97. The average molecular weight is 530 g/mol. The van der Waals surface area contributed by atoms with Crippen LogP contribution < -0.4 is 16.0 Å². The van der Waals surface area contributed by atoms with Crippen molar-refractivity contribution in [2.45, 2.75) is 51.7 Å². The van der Waals surface area contributed by atoms with Gasteiger partial charge < -0.3 is 25.4 Å². The lowest BCUT2D eigenvalue weighted by Gasteiger charge is -2.30. The number of benzene rings is 2. The van der Waals surface area contributed by atoms with Gasteiger partial charge in [0.1, 0.15) is 11.3 Å². The first-order valence-corrected chi connectivity index (χ1v) is 13.4. The zero-order chi connectivity index (χ0) is 27.6. The Morgan fingerprint density at radius 1 is 1.15 bits per heavy atom. The van der Waals surface area contributed by atoms with Crippen molar-refractivity contribution in [2.24, 2.45) is 0 Å². The zero-order valence-electron chi connectivity index (χ0n) is 22.7. The Bertz CT molecular complexity index is 1380. The number of fused-ring (bicyclic) bond motifs is 1. The predicted molar refractivity (Wildman–Crippen MR) is 150 cm³/mol. The van der Waals surface area contributed by atoms with Gasteiger partial charge in [0.2, 0.25) is 0 Å². The van der Waals surface area contributed by atoms with E-state index in [9.17, 15) is 9.59 Å². The molecule has 1 aromatic heterocycles. The van der Waals surface area contributed by atoms with Gasteiger partial charge in [0.25, 0.3) is 0 Å². The first-order valence-electron chi connectivity index (χ1n) is 13.4. The average Bonchev–Trinajstić information content (AvgIpc) is 3.30. The summed E-state index contributed by atoms with van der Waals surface area (Å²) >= 11 is 0. The summed E-state index contributed by atoms with van der Waals surface area (Å²) in [7, 11) is 0. The van der Waals surface area contributed by atoms with Gasteiger partial charge in [-0.1, -0.05) is 30.3 Å². The topological polar surface area (TPSA) is 120 Å². The molecule has 1 unspecified atom stereocenters. The predicted octanol–water partition coefficient (Wildman–Crippen LogP) is 4.50. The van der Waals surface area contributed by atoms with Crippen LogP contribution in [0.2, 0.25) is 0 Å². The van der Waals surface area contributed by atoms with Gasteiger partial charge in [-0.3, -0.25) is 4.79 Å². The molecule has 0 saturated carbocycles. The van der Waals surface area contributed by atoms with Crippen LogP contribution in [0.15, 0.2) is 48.7 Å². The molecule has 1 amide bonds. The zero-order valence-corrected chi connectivity index (χ0v) is 22.7. The van der Waals surface area contributed by atoms with Gasteiger partial charge >= 0.3 is 6.09 Å². The number of anilines is 2. The van der Waals surface area contributed by atoms with Crippen LogP contribution in [0.3, 0.4) is 0 Å². The lowest BCUT2D eigenvalue weighted by Crippen LogP contribution is -2.36. The summed E-state index contributed by atoms with van der Waals surface area (Å²) in [5, 5.41) is 2.97. The highest BCUT2D eigenvalue weighted by atomic mass is 16.6. The normalized spacial score (nSPS) is 17.0. The standard InChI is InChI=1S/C30H35N5O4/c1-30(2,3)39-29(37)34-23-11-9-19-16-20(8-10-22(19)23)24-18-32-28(31)27(33-24)26(36)17-21-6-4-5-7-25(21)35-12-14-38-15-13-35/h4-8,10,16,18,23H,9,11-15,17H2,1-3H3,(H2,31,32)(H,34,37). The summed E-state index contributed by atoms with van der Waals surface area (Å²) in [6, 6.07) is 13.8. The smallest absolute Gasteiger partial charge is 0.408 e. The quantitative estimate of drug-likeness (QED) is 0.448. The number of hydrogen-bond donors (Lipinski definition) is 2. The van der Waals surface area contributed by atoms with E-state index in [4.69, 9.17) is 15.2 Å². The highest BCUT2D eigenvalue weighted by Crippen LogP contribution is 2.34. The number of carbonyl (C=O) groups is 2. The van der Waals surface area contributed by atoms with E-state index in [0.29, 0.717) is 18.9 Å². The Hall–Kier alpha value is -3.98. The number of nitrogens with one attached hydrogen (secondary N) is 1. The van der Waals surface area contributed by atoms with E-state index in [2.05, 4.69) is 20.2 Å². The number of aromatic nitrogens is 2. The maximum atomic E-state index is 13.4. The van der Waals surface area contributed by atoms with Gasteiger partial charge in [-0.2, -0.15) is 0 Å². The molecule has 39 heavy (non-hydrogen) atoms. The van der Waals surface area contributed by atoms with Gasteiger partial charge in [-0.15, -0.1) is 0 Å². The summed E-state index contributed by atoms with van der Waals surface area (Å²) in [6.07, 6.45) is 2.96. The molecule has 1 atom stereocenters. The molecule has 9 nitrogen and oxygen atoms in total. The molecule has 3 N–H and O–H groups in total. The number of aryl methyl sites for hydroxylation is 1. The number of para-hydroxylation sites is 1. The molecule has 2 aromatic carbocycles. The molecular weight excluding hydrogens is 494 g/mol. The number of alkyl carbamates (subject to hydrolysis) is 1. The number of morpholine rings is 1. The van der Waals surface area contributed by atoms with Crippen LogP contribution >= 0.6 is 0 Å². The summed E-state index contributed by atoms with van der Waals surface area (Å²) < 4.78 is 10.9. The molecule has 0 bridgehead atoms. The van der Waals surface area contributed by atoms with E-state index in [1.807, 2.05) is 63.2 Å². The number of nitrogens with two attached hydrogens (primary N) is 1. The maximum Gasteiger partial charge on any atom is 0.408 e. The molecule has 2 heterocycles. The molecule has 5 rings (SSSR count). The Balaban J connectivity index is 1.34. The maximum absolute atomic E-state index is 13.4. The van der Waals surface area contributed by atoms with Crippen LogP contribution in [-0.4, -0.2) is 53.7 Å². The molecule has 204 valence electrons. The van der Waals surface area contributed by atoms with Crippen molar-refractivity contribution in [1.82, 2.24) is 15.3 Å². The molecule has 1 fully saturated rings. The van der Waals surface area contributed by atoms with E-state index in [1.54, 1.807) is 6.20 Å². The van der Waals surface area contributed by atoms with Crippen molar-refractivity contribution in [2.75, 3.05) is 36.9 Å². The molecule has 1 aliphatic heterocycles. The summed E-state index contributed by atoms with van der Waals surface area (Å²) in [6.45, 7) is 8.44. The monoisotopic (exact) mass is 529 g/mol. The molecule has 9 heteroatoms. The molecule has 1 saturated heterocycles. The van der Waals surface area contributed by atoms with Gasteiger partial charge in [0.15, 0.2) is 11.6 Å². The summed E-state index contributed by atoms with van der Waals surface area (Å²) in [5.41, 5.74) is 11.3. The highest BCUT2D eigenvalue weighted by Gasteiger charge is 2.27.